The molecule has 5 N–H and O–H groups in total. The molecule has 118 valence electrons. The highest BCUT2D eigenvalue weighted by Gasteiger charge is 2.18. The van der Waals surface area contributed by atoms with Gasteiger partial charge in [-0.3, -0.25) is 0 Å². The van der Waals surface area contributed by atoms with E-state index >= 15 is 0 Å². The fourth-order valence-electron chi connectivity index (χ4n) is 2.77. The molecular formula is C14H24N4O2S. The maximum atomic E-state index is 11.2. The maximum Gasteiger partial charge on any atom is 0.238 e. The summed E-state index contributed by atoms with van der Waals surface area (Å²) >= 11 is 0. The molecule has 0 saturated heterocycles. The number of nitrogens with two attached hydrogens (primary N) is 2. The fourth-order valence-corrected chi connectivity index (χ4v) is 3.32. The van der Waals surface area contributed by atoms with Gasteiger partial charge < -0.3 is 16.0 Å². The van der Waals surface area contributed by atoms with Crippen molar-refractivity contribution in [2.75, 3.05) is 31.2 Å². The lowest BCUT2D eigenvalue weighted by Crippen LogP contribution is -2.33. The number of hydrogen-bond donors (Lipinski definition) is 3. The fraction of sp³-hybridized carbons (Fsp3) is 0.571. The predicted octanol–water partition coefficient (Wildman–Crippen LogP) is 1.20. The summed E-state index contributed by atoms with van der Waals surface area (Å²) < 4.78 is 22.5. The molecule has 1 aliphatic carbocycles. The van der Waals surface area contributed by atoms with Gasteiger partial charge in [-0.15, -0.1) is 0 Å². The quantitative estimate of drug-likeness (QED) is 0.685. The lowest BCUT2D eigenvalue weighted by Gasteiger charge is -2.24. The number of likely N-dealkylation sites (N-methyl/N-ethyl adjacent to an activating group) is 1. The van der Waals surface area contributed by atoms with Crippen LogP contribution in [0.25, 0.3) is 0 Å². The third-order valence-corrected chi connectivity index (χ3v) is 4.99. The van der Waals surface area contributed by atoms with E-state index < -0.39 is 10.0 Å². The van der Waals surface area contributed by atoms with Gasteiger partial charge in [-0.05, 0) is 38.1 Å². The molecule has 0 heterocycles. The first-order chi connectivity index (χ1) is 9.88. The Labute approximate surface area is 126 Å². The van der Waals surface area contributed by atoms with E-state index in [9.17, 15) is 8.42 Å². The van der Waals surface area contributed by atoms with Crippen LogP contribution in [0.15, 0.2) is 23.1 Å². The van der Waals surface area contributed by atoms with Gasteiger partial charge in [0, 0.05) is 19.1 Å². The van der Waals surface area contributed by atoms with Gasteiger partial charge in [-0.25, -0.2) is 13.6 Å². The summed E-state index contributed by atoms with van der Waals surface area (Å²) in [5, 5.41) is 8.32. The normalized spacial score (nSPS) is 16.5. The largest absolute Gasteiger partial charge is 0.397 e. The minimum Gasteiger partial charge on any atom is -0.397 e. The highest BCUT2D eigenvalue weighted by Crippen LogP contribution is 2.23. The molecule has 0 aliphatic heterocycles. The smallest absolute Gasteiger partial charge is 0.238 e. The van der Waals surface area contributed by atoms with Gasteiger partial charge >= 0.3 is 0 Å². The molecule has 7 heteroatoms. The average Bonchev–Trinajstić information content (AvgIpc) is 2.93. The van der Waals surface area contributed by atoms with Crippen LogP contribution in [0.4, 0.5) is 11.4 Å². The molecule has 0 radical (unpaired) electrons. The zero-order chi connectivity index (χ0) is 15.5. The van der Waals surface area contributed by atoms with E-state index in [0.717, 1.165) is 18.8 Å². The summed E-state index contributed by atoms with van der Waals surface area (Å²) in [5.41, 5.74) is 6.99. The summed E-state index contributed by atoms with van der Waals surface area (Å²) in [4.78, 5) is 2.41. The Morgan fingerprint density at radius 2 is 2.00 bits per heavy atom. The molecule has 2 rings (SSSR count). The third kappa shape index (κ3) is 4.33. The maximum absolute atomic E-state index is 11.2. The van der Waals surface area contributed by atoms with Gasteiger partial charge in [0.1, 0.15) is 0 Å². The molecule has 0 amide bonds. The Bertz CT molecular complexity index is 583. The van der Waals surface area contributed by atoms with Crippen molar-refractivity contribution < 1.29 is 8.42 Å². The molecule has 1 saturated carbocycles. The van der Waals surface area contributed by atoms with Crippen molar-refractivity contribution in [1.82, 2.24) is 4.90 Å². The zero-order valence-corrected chi connectivity index (χ0v) is 13.2. The van der Waals surface area contributed by atoms with Crippen LogP contribution in [0.2, 0.25) is 0 Å². The standard InChI is InChI=1S/C14H24N4O2S/c1-18(11-4-2-3-5-11)9-8-17-14-7-6-12(10-13(14)15)21(16,19)20/h6-7,10-11,17H,2-5,8-9,15H2,1H3,(H2,16,19,20). The molecular weight excluding hydrogens is 288 g/mol. The van der Waals surface area contributed by atoms with Gasteiger partial charge in [-0.2, -0.15) is 0 Å². The lowest BCUT2D eigenvalue weighted by molar-refractivity contribution is 0.254. The highest BCUT2D eigenvalue weighted by molar-refractivity contribution is 7.89. The van der Waals surface area contributed by atoms with Crippen LogP contribution < -0.4 is 16.2 Å². The molecule has 1 fully saturated rings. The lowest BCUT2D eigenvalue weighted by atomic mass is 10.2. The summed E-state index contributed by atoms with van der Waals surface area (Å²) in [5.74, 6) is 0. The minimum absolute atomic E-state index is 0.0358. The number of hydrogen-bond acceptors (Lipinski definition) is 5. The first-order valence-corrected chi connectivity index (χ1v) is 8.79. The number of nitrogens with one attached hydrogen (secondary N) is 1. The van der Waals surface area contributed by atoms with Gasteiger partial charge in [-0.1, -0.05) is 12.8 Å². The zero-order valence-electron chi connectivity index (χ0n) is 12.4. The molecule has 0 aromatic heterocycles. The van der Waals surface area contributed by atoms with Crippen LogP contribution in [-0.4, -0.2) is 39.5 Å². The second kappa shape index (κ2) is 6.64. The van der Waals surface area contributed by atoms with Crippen LogP contribution in [0.1, 0.15) is 25.7 Å². The summed E-state index contributed by atoms with van der Waals surface area (Å²) in [6, 6.07) is 5.20. The molecule has 6 nitrogen and oxygen atoms in total. The number of primary sulfonamides is 1. The van der Waals surface area contributed by atoms with Crippen LogP contribution in [0, 0.1) is 0 Å². The molecule has 21 heavy (non-hydrogen) atoms. The first-order valence-electron chi connectivity index (χ1n) is 7.24. The van der Waals surface area contributed by atoms with Crippen molar-refractivity contribution in [2.45, 2.75) is 36.6 Å². The molecule has 1 aromatic carbocycles. The van der Waals surface area contributed by atoms with Gasteiger partial charge in [0.05, 0.1) is 16.3 Å². The van der Waals surface area contributed by atoms with Crippen LogP contribution in [-0.2, 0) is 10.0 Å². The van der Waals surface area contributed by atoms with E-state index in [1.54, 1.807) is 6.07 Å². The SMILES string of the molecule is CN(CCNc1ccc(S(N)(=O)=O)cc1N)C1CCCC1. The Kier molecular flexibility index (Phi) is 5.08. The number of benzene rings is 1. The first kappa shape index (κ1) is 16.1. The topological polar surface area (TPSA) is 101 Å². The Morgan fingerprint density at radius 1 is 1.33 bits per heavy atom. The number of rotatable bonds is 6. The van der Waals surface area contributed by atoms with E-state index in [2.05, 4.69) is 17.3 Å². The summed E-state index contributed by atoms with van der Waals surface area (Å²) in [6.45, 7) is 1.70. The van der Waals surface area contributed by atoms with Crippen LogP contribution >= 0.6 is 0 Å². The number of sulfonamides is 1. The van der Waals surface area contributed by atoms with Gasteiger partial charge in [0.2, 0.25) is 10.0 Å². The van der Waals surface area contributed by atoms with Crippen LogP contribution in [0.3, 0.4) is 0 Å². The molecule has 1 aliphatic rings. The molecule has 0 spiro atoms. The second-order valence-electron chi connectivity index (χ2n) is 5.64. The van der Waals surface area contributed by atoms with Crippen molar-refractivity contribution in [2.24, 2.45) is 5.14 Å². The summed E-state index contributed by atoms with van der Waals surface area (Å²) in [7, 11) is -1.56. The molecule has 0 unspecified atom stereocenters. The molecule has 0 atom stereocenters. The minimum atomic E-state index is -3.70. The highest BCUT2D eigenvalue weighted by atomic mass is 32.2. The average molecular weight is 312 g/mol. The van der Waals surface area contributed by atoms with Crippen LogP contribution in [0.5, 0.6) is 0 Å². The van der Waals surface area contributed by atoms with Crippen molar-refractivity contribution in [3.63, 3.8) is 0 Å². The monoisotopic (exact) mass is 312 g/mol. The third-order valence-electron chi connectivity index (χ3n) is 4.08. The van der Waals surface area contributed by atoms with Crippen molar-refractivity contribution in [1.29, 1.82) is 0 Å². The molecule has 1 aromatic rings. The predicted molar refractivity (Wildman–Crippen MR) is 85.6 cm³/mol. The van der Waals surface area contributed by atoms with E-state index in [0.29, 0.717) is 11.7 Å². The molecule has 0 bridgehead atoms. The van der Waals surface area contributed by atoms with E-state index in [-0.39, 0.29) is 4.90 Å². The van der Waals surface area contributed by atoms with Crippen molar-refractivity contribution >= 4 is 21.4 Å². The van der Waals surface area contributed by atoms with E-state index in [1.165, 1.54) is 37.8 Å². The Morgan fingerprint density at radius 3 is 2.57 bits per heavy atom. The Balaban J connectivity index is 1.88. The van der Waals surface area contributed by atoms with Crippen molar-refractivity contribution in [3.05, 3.63) is 18.2 Å². The summed E-state index contributed by atoms with van der Waals surface area (Å²) in [6.07, 6.45) is 5.21. The van der Waals surface area contributed by atoms with E-state index in [1.807, 2.05) is 0 Å². The van der Waals surface area contributed by atoms with Gasteiger partial charge in [0.25, 0.3) is 0 Å². The second-order valence-corrected chi connectivity index (χ2v) is 7.20. The Hall–Kier alpha value is -1.31. The number of anilines is 2. The van der Waals surface area contributed by atoms with Crippen molar-refractivity contribution in [3.8, 4) is 0 Å². The number of nitrogens with zero attached hydrogens (tertiary/aromatic N) is 1. The number of nitrogen functional groups attached to an aromatic ring is 1. The van der Waals surface area contributed by atoms with E-state index in [4.69, 9.17) is 10.9 Å². The van der Waals surface area contributed by atoms with Gasteiger partial charge in [0.15, 0.2) is 0 Å².